The number of benzene rings is 2. The third-order valence-corrected chi connectivity index (χ3v) is 6.33. The molecule has 32 heavy (non-hydrogen) atoms. The van der Waals surface area contributed by atoms with Gasteiger partial charge in [0.25, 0.3) is 0 Å². The predicted molar refractivity (Wildman–Crippen MR) is 119 cm³/mol. The lowest BCUT2D eigenvalue weighted by Gasteiger charge is -2.33. The molecule has 0 amide bonds. The van der Waals surface area contributed by atoms with Gasteiger partial charge in [-0.15, -0.1) is 0 Å². The van der Waals surface area contributed by atoms with Crippen LogP contribution in [0.1, 0.15) is 42.3 Å². The van der Waals surface area contributed by atoms with Crippen LogP contribution in [0.5, 0.6) is 0 Å². The number of nitrogens with zero attached hydrogens (tertiary/aromatic N) is 4. The topological polar surface area (TPSA) is 54.6 Å². The van der Waals surface area contributed by atoms with Crippen molar-refractivity contribution in [2.45, 2.75) is 38.4 Å². The summed E-state index contributed by atoms with van der Waals surface area (Å²) in [6.45, 7) is 6.13. The van der Waals surface area contributed by atoms with Crippen molar-refractivity contribution in [3.63, 3.8) is 0 Å². The Hall–Kier alpha value is -2.61. The number of rotatable bonds is 6. The molecule has 0 bridgehead atoms. The second-order valence-electron chi connectivity index (χ2n) is 8.65. The molecule has 5 rings (SSSR count). The Kier molecular flexibility index (Phi) is 6.57. The van der Waals surface area contributed by atoms with E-state index in [0.717, 1.165) is 76.3 Å². The molecular weight excluding hydrogens is 407 g/mol. The van der Waals surface area contributed by atoms with Gasteiger partial charge in [0.2, 0.25) is 11.7 Å². The van der Waals surface area contributed by atoms with Crippen LogP contribution in [-0.4, -0.2) is 52.8 Å². The Morgan fingerprint density at radius 3 is 2.62 bits per heavy atom. The van der Waals surface area contributed by atoms with Crippen molar-refractivity contribution in [1.82, 2.24) is 19.9 Å². The van der Waals surface area contributed by atoms with Gasteiger partial charge in [-0.2, -0.15) is 4.98 Å². The van der Waals surface area contributed by atoms with Gasteiger partial charge in [0.1, 0.15) is 5.82 Å². The highest BCUT2D eigenvalue weighted by molar-refractivity contribution is 5.55. The smallest absolute Gasteiger partial charge is 0.244 e. The van der Waals surface area contributed by atoms with Crippen molar-refractivity contribution < 1.29 is 13.7 Å². The summed E-state index contributed by atoms with van der Waals surface area (Å²) in [6, 6.07) is 15.2. The highest BCUT2D eigenvalue weighted by Gasteiger charge is 2.29. The molecule has 0 saturated carbocycles. The molecule has 0 unspecified atom stereocenters. The quantitative estimate of drug-likeness (QED) is 0.570. The average molecular weight is 437 g/mol. The first-order valence-corrected chi connectivity index (χ1v) is 11.5. The van der Waals surface area contributed by atoms with E-state index < -0.39 is 0 Å². The number of likely N-dealkylation sites (tertiary alicyclic amines) is 1. The van der Waals surface area contributed by atoms with Gasteiger partial charge in [0.05, 0.1) is 19.3 Å². The summed E-state index contributed by atoms with van der Waals surface area (Å²) in [7, 11) is 0. The van der Waals surface area contributed by atoms with Gasteiger partial charge in [-0.25, -0.2) is 4.39 Å². The maximum atomic E-state index is 13.3. The molecule has 2 aromatic carbocycles. The van der Waals surface area contributed by atoms with Gasteiger partial charge in [-0.1, -0.05) is 41.9 Å². The first-order chi connectivity index (χ1) is 15.7. The molecule has 3 aromatic rings. The molecule has 0 radical (unpaired) electrons. The van der Waals surface area contributed by atoms with Crippen LogP contribution in [0, 0.1) is 5.82 Å². The van der Waals surface area contributed by atoms with Gasteiger partial charge < -0.3 is 9.26 Å². The zero-order valence-corrected chi connectivity index (χ0v) is 18.3. The normalized spacial score (nSPS) is 20.5. The summed E-state index contributed by atoms with van der Waals surface area (Å²) in [4.78, 5) is 9.55. The number of aromatic nitrogens is 2. The van der Waals surface area contributed by atoms with E-state index in [0.29, 0.717) is 11.7 Å². The molecule has 7 heteroatoms. The lowest BCUT2D eigenvalue weighted by atomic mass is 10.0. The van der Waals surface area contributed by atoms with Crippen LogP contribution in [0.15, 0.2) is 53.1 Å². The van der Waals surface area contributed by atoms with Crippen LogP contribution in [-0.2, 0) is 17.8 Å². The van der Waals surface area contributed by atoms with E-state index in [2.05, 4.69) is 33.2 Å². The molecule has 1 aromatic heterocycles. The Balaban J connectivity index is 1.30. The van der Waals surface area contributed by atoms with Crippen molar-refractivity contribution in [1.29, 1.82) is 0 Å². The molecule has 0 spiro atoms. The maximum Gasteiger partial charge on any atom is 0.244 e. The second-order valence-corrected chi connectivity index (χ2v) is 8.65. The molecule has 0 N–H and O–H groups in total. The molecule has 168 valence electrons. The monoisotopic (exact) mass is 436 g/mol. The van der Waals surface area contributed by atoms with Crippen molar-refractivity contribution in [3.8, 4) is 11.4 Å². The summed E-state index contributed by atoms with van der Waals surface area (Å²) >= 11 is 0. The van der Waals surface area contributed by atoms with E-state index in [1.54, 1.807) is 0 Å². The fourth-order valence-corrected chi connectivity index (χ4v) is 4.60. The largest absolute Gasteiger partial charge is 0.379 e. The molecule has 6 nitrogen and oxygen atoms in total. The Morgan fingerprint density at radius 2 is 1.78 bits per heavy atom. The third kappa shape index (κ3) is 5.06. The van der Waals surface area contributed by atoms with Gasteiger partial charge in [0.15, 0.2) is 0 Å². The minimum atomic E-state index is -0.207. The first-order valence-electron chi connectivity index (χ1n) is 11.5. The molecule has 2 fully saturated rings. The summed E-state index contributed by atoms with van der Waals surface area (Å²) in [6.07, 6.45) is 3.26. The van der Waals surface area contributed by atoms with Crippen molar-refractivity contribution >= 4 is 0 Å². The standard InChI is InChI=1S/C25H29FN4O2/c26-22-9-7-19(8-10-22)18-30-11-2-1-6-23(30)25-27-24(28-32-25)21-5-3-4-20(16-21)17-29-12-14-31-15-13-29/h3-5,7-10,16,23H,1-2,6,11-15,17-18H2/t23-/m1/s1. The second kappa shape index (κ2) is 9.90. The van der Waals surface area contributed by atoms with Crippen molar-refractivity contribution in [2.75, 3.05) is 32.8 Å². The van der Waals surface area contributed by atoms with E-state index in [-0.39, 0.29) is 11.9 Å². The maximum absolute atomic E-state index is 13.3. The van der Waals surface area contributed by atoms with E-state index in [1.165, 1.54) is 17.7 Å². The average Bonchev–Trinajstić information content (AvgIpc) is 3.32. The summed E-state index contributed by atoms with van der Waals surface area (Å²) in [5, 5.41) is 4.31. The van der Waals surface area contributed by atoms with Crippen molar-refractivity contribution in [2.24, 2.45) is 0 Å². The third-order valence-electron chi connectivity index (χ3n) is 6.33. The Labute approximate surface area is 188 Å². The summed E-state index contributed by atoms with van der Waals surface area (Å²) in [5.41, 5.74) is 3.31. The molecule has 1 atom stereocenters. The van der Waals surface area contributed by atoms with Crippen LogP contribution in [0.3, 0.4) is 0 Å². The van der Waals surface area contributed by atoms with Gasteiger partial charge in [-0.3, -0.25) is 9.80 Å². The number of hydrogen-bond donors (Lipinski definition) is 0. The number of halogens is 1. The SMILES string of the molecule is Fc1ccc(CN2CCCC[C@@H]2c2nc(-c3cccc(CN4CCOCC4)c3)no2)cc1. The molecule has 0 aliphatic carbocycles. The summed E-state index contributed by atoms with van der Waals surface area (Å²) in [5.74, 6) is 1.10. The molecule has 2 saturated heterocycles. The number of piperidine rings is 1. The number of morpholine rings is 1. The number of hydrogen-bond acceptors (Lipinski definition) is 6. The number of ether oxygens (including phenoxy) is 1. The minimum absolute atomic E-state index is 0.0894. The Bertz CT molecular complexity index is 1020. The fraction of sp³-hybridized carbons (Fsp3) is 0.440. The predicted octanol–water partition coefficient (Wildman–Crippen LogP) is 4.44. The van der Waals surface area contributed by atoms with Crippen LogP contribution < -0.4 is 0 Å². The van der Waals surface area contributed by atoms with Gasteiger partial charge in [0, 0.05) is 31.7 Å². The Morgan fingerprint density at radius 1 is 0.938 bits per heavy atom. The highest BCUT2D eigenvalue weighted by atomic mass is 19.1. The van der Waals surface area contributed by atoms with E-state index >= 15 is 0 Å². The fourth-order valence-electron chi connectivity index (χ4n) is 4.60. The molecule has 3 heterocycles. The van der Waals surface area contributed by atoms with Crippen LogP contribution in [0.25, 0.3) is 11.4 Å². The highest BCUT2D eigenvalue weighted by Crippen LogP contribution is 2.32. The molecule has 2 aliphatic heterocycles. The zero-order chi connectivity index (χ0) is 21.8. The minimum Gasteiger partial charge on any atom is -0.379 e. The zero-order valence-electron chi connectivity index (χ0n) is 18.3. The van der Waals surface area contributed by atoms with Crippen LogP contribution >= 0.6 is 0 Å². The van der Waals surface area contributed by atoms with Gasteiger partial charge >= 0.3 is 0 Å². The van der Waals surface area contributed by atoms with E-state index in [9.17, 15) is 4.39 Å². The molecular formula is C25H29FN4O2. The molecule has 2 aliphatic rings. The van der Waals surface area contributed by atoms with E-state index in [4.69, 9.17) is 14.2 Å². The first kappa shape index (κ1) is 21.2. The van der Waals surface area contributed by atoms with Gasteiger partial charge in [-0.05, 0) is 48.7 Å². The summed E-state index contributed by atoms with van der Waals surface area (Å²) < 4.78 is 24.5. The van der Waals surface area contributed by atoms with E-state index in [1.807, 2.05) is 18.2 Å². The lowest BCUT2D eigenvalue weighted by molar-refractivity contribution is 0.0342. The van der Waals surface area contributed by atoms with Crippen LogP contribution in [0.4, 0.5) is 4.39 Å². The lowest BCUT2D eigenvalue weighted by Crippen LogP contribution is -2.35. The van der Waals surface area contributed by atoms with Crippen LogP contribution in [0.2, 0.25) is 0 Å². The van der Waals surface area contributed by atoms with Crippen molar-refractivity contribution in [3.05, 3.63) is 71.4 Å².